The molecule has 0 aliphatic carbocycles. The van der Waals surface area contributed by atoms with E-state index in [0.717, 1.165) is 44.2 Å². The Kier molecular flexibility index (Phi) is 3.84. The van der Waals surface area contributed by atoms with E-state index >= 15 is 0 Å². The molecule has 16 heavy (non-hydrogen) atoms. The van der Waals surface area contributed by atoms with Gasteiger partial charge in [-0.15, -0.1) is 0 Å². The minimum absolute atomic E-state index is 0.00458. The molecule has 1 aromatic rings. The summed E-state index contributed by atoms with van der Waals surface area (Å²) < 4.78 is 7.87. The first kappa shape index (κ1) is 11.5. The third-order valence-corrected chi connectivity index (χ3v) is 3.37. The normalized spacial score (nSPS) is 20.7. The molecule has 1 saturated heterocycles. The second-order valence-corrected chi connectivity index (χ2v) is 4.44. The van der Waals surface area contributed by atoms with Crippen molar-refractivity contribution in [1.29, 1.82) is 0 Å². The molecule has 0 radical (unpaired) electrons. The molecule has 0 saturated carbocycles. The van der Waals surface area contributed by atoms with Crippen LogP contribution in [0.1, 0.15) is 30.3 Å². The van der Waals surface area contributed by atoms with Crippen LogP contribution < -0.4 is 5.32 Å². The number of aromatic nitrogens is 2. The Morgan fingerprint density at radius 2 is 2.62 bits per heavy atom. The van der Waals surface area contributed by atoms with Gasteiger partial charge in [0, 0.05) is 19.1 Å². The topological polar surface area (TPSA) is 58.1 Å². The molecule has 1 aliphatic rings. The first-order valence-corrected chi connectivity index (χ1v) is 6.35. The maximum absolute atomic E-state index is 12.1. The van der Waals surface area contributed by atoms with Crippen LogP contribution >= 0.6 is 11.7 Å². The van der Waals surface area contributed by atoms with Gasteiger partial charge in [0.25, 0.3) is 5.91 Å². The average Bonchev–Trinajstić information content (AvgIpc) is 2.85. The molecule has 5 nitrogen and oxygen atoms in total. The molecule has 0 bridgehead atoms. The molecule has 1 atom stereocenters. The highest BCUT2D eigenvalue weighted by atomic mass is 32.1. The maximum Gasteiger partial charge on any atom is 0.275 e. The van der Waals surface area contributed by atoms with Gasteiger partial charge in [-0.2, -0.15) is 8.75 Å². The Bertz CT molecular complexity index is 335. The van der Waals surface area contributed by atoms with Crippen LogP contribution in [0.25, 0.3) is 0 Å². The summed E-state index contributed by atoms with van der Waals surface area (Å²) in [7, 11) is 0. The number of hydrogen-bond donors (Lipinski definition) is 1. The molecular weight excluding hydrogens is 224 g/mol. The Balaban J connectivity index is 2.06. The Hall–Kier alpha value is -1.01. The fraction of sp³-hybridized carbons (Fsp3) is 0.700. The van der Waals surface area contributed by atoms with E-state index in [4.69, 9.17) is 0 Å². The van der Waals surface area contributed by atoms with Crippen molar-refractivity contribution in [2.24, 2.45) is 0 Å². The van der Waals surface area contributed by atoms with Gasteiger partial charge in [0.15, 0.2) is 5.69 Å². The Morgan fingerprint density at radius 1 is 1.75 bits per heavy atom. The third-order valence-electron chi connectivity index (χ3n) is 2.89. The highest BCUT2D eigenvalue weighted by Crippen LogP contribution is 2.13. The summed E-state index contributed by atoms with van der Waals surface area (Å²) in [6, 6.07) is 0.299. The zero-order valence-corrected chi connectivity index (χ0v) is 10.2. The van der Waals surface area contributed by atoms with Gasteiger partial charge in [-0.1, -0.05) is 0 Å². The molecule has 0 aromatic carbocycles. The molecule has 1 amide bonds. The minimum atomic E-state index is 0.00458. The molecule has 2 heterocycles. The van der Waals surface area contributed by atoms with Gasteiger partial charge >= 0.3 is 0 Å². The van der Waals surface area contributed by atoms with Crippen molar-refractivity contribution in [3.8, 4) is 0 Å². The van der Waals surface area contributed by atoms with Gasteiger partial charge in [0.1, 0.15) is 0 Å². The average molecular weight is 240 g/mol. The maximum atomic E-state index is 12.1. The summed E-state index contributed by atoms with van der Waals surface area (Å²) in [5.41, 5.74) is 0.470. The van der Waals surface area contributed by atoms with Crippen LogP contribution in [0.2, 0.25) is 0 Å². The quantitative estimate of drug-likeness (QED) is 0.847. The van der Waals surface area contributed by atoms with Crippen molar-refractivity contribution < 1.29 is 4.79 Å². The summed E-state index contributed by atoms with van der Waals surface area (Å²) in [4.78, 5) is 14.0. The summed E-state index contributed by atoms with van der Waals surface area (Å²) in [6.07, 6.45) is 3.75. The van der Waals surface area contributed by atoms with E-state index < -0.39 is 0 Å². The zero-order valence-electron chi connectivity index (χ0n) is 9.35. The van der Waals surface area contributed by atoms with E-state index in [-0.39, 0.29) is 5.91 Å². The lowest BCUT2D eigenvalue weighted by atomic mass is 10.1. The molecule has 88 valence electrons. The number of likely N-dealkylation sites (N-methyl/N-ethyl adjacent to an activating group) is 1. The van der Waals surface area contributed by atoms with Crippen molar-refractivity contribution in [2.75, 3.05) is 19.6 Å². The van der Waals surface area contributed by atoms with Gasteiger partial charge < -0.3 is 10.2 Å². The predicted molar refractivity (Wildman–Crippen MR) is 62.5 cm³/mol. The first-order chi connectivity index (χ1) is 7.83. The third kappa shape index (κ3) is 2.38. The summed E-state index contributed by atoms with van der Waals surface area (Å²) in [6.45, 7) is 4.67. The van der Waals surface area contributed by atoms with E-state index in [1.807, 2.05) is 11.8 Å². The van der Waals surface area contributed by atoms with E-state index in [1.54, 1.807) is 6.20 Å². The lowest BCUT2D eigenvalue weighted by Gasteiger charge is -2.33. The van der Waals surface area contributed by atoms with E-state index in [2.05, 4.69) is 14.1 Å². The smallest absolute Gasteiger partial charge is 0.275 e. The lowest BCUT2D eigenvalue weighted by molar-refractivity contribution is 0.0657. The van der Waals surface area contributed by atoms with E-state index in [0.29, 0.717) is 11.7 Å². The number of carbonyl (C=O) groups is 1. The summed E-state index contributed by atoms with van der Waals surface area (Å²) in [5.74, 6) is 0.00458. The second kappa shape index (κ2) is 5.36. The molecular formula is C10H16N4OS. The molecule has 1 aromatic heterocycles. The number of piperidine rings is 1. The van der Waals surface area contributed by atoms with Gasteiger partial charge in [0.2, 0.25) is 0 Å². The molecule has 1 unspecified atom stereocenters. The van der Waals surface area contributed by atoms with Crippen molar-refractivity contribution in [3.05, 3.63) is 11.9 Å². The fourth-order valence-electron chi connectivity index (χ4n) is 2.07. The first-order valence-electron chi connectivity index (χ1n) is 5.62. The number of carbonyl (C=O) groups excluding carboxylic acids is 1. The second-order valence-electron chi connectivity index (χ2n) is 3.88. The number of hydrogen-bond acceptors (Lipinski definition) is 5. The minimum Gasteiger partial charge on any atom is -0.333 e. The number of rotatable bonds is 3. The van der Waals surface area contributed by atoms with Crippen molar-refractivity contribution >= 4 is 17.6 Å². The molecule has 6 heteroatoms. The van der Waals surface area contributed by atoms with Crippen LogP contribution in [0, 0.1) is 0 Å². The van der Waals surface area contributed by atoms with Crippen LogP contribution in [0.5, 0.6) is 0 Å². The number of amides is 1. The number of nitrogens with zero attached hydrogens (tertiary/aromatic N) is 3. The monoisotopic (exact) mass is 240 g/mol. The Morgan fingerprint density at radius 3 is 3.19 bits per heavy atom. The number of nitrogens with one attached hydrogen (secondary N) is 1. The van der Waals surface area contributed by atoms with Crippen molar-refractivity contribution in [3.63, 3.8) is 0 Å². The molecule has 1 fully saturated rings. The molecule has 2 rings (SSSR count). The van der Waals surface area contributed by atoms with Crippen molar-refractivity contribution in [1.82, 2.24) is 19.0 Å². The van der Waals surface area contributed by atoms with Gasteiger partial charge in [-0.05, 0) is 26.3 Å². The van der Waals surface area contributed by atoms with Crippen LogP contribution in [0.15, 0.2) is 6.20 Å². The highest BCUT2D eigenvalue weighted by molar-refractivity contribution is 6.99. The summed E-state index contributed by atoms with van der Waals surface area (Å²) >= 11 is 1.08. The van der Waals surface area contributed by atoms with Crippen LogP contribution in [-0.2, 0) is 0 Å². The van der Waals surface area contributed by atoms with Crippen LogP contribution in [0.3, 0.4) is 0 Å². The standard InChI is InChI=1S/C10H16N4OS/c1-2-14(8-4-3-5-11-6-8)10(15)9-7-12-16-13-9/h7-8,11H,2-6H2,1H3. The predicted octanol–water partition coefficient (Wildman–Crippen LogP) is 0.752. The molecule has 1 aliphatic heterocycles. The van der Waals surface area contributed by atoms with E-state index in [1.165, 1.54) is 0 Å². The summed E-state index contributed by atoms with van der Waals surface area (Å²) in [5, 5.41) is 3.32. The van der Waals surface area contributed by atoms with Gasteiger partial charge in [0.05, 0.1) is 17.9 Å². The van der Waals surface area contributed by atoms with Gasteiger partial charge in [-0.25, -0.2) is 0 Å². The largest absolute Gasteiger partial charge is 0.333 e. The van der Waals surface area contributed by atoms with Crippen molar-refractivity contribution in [2.45, 2.75) is 25.8 Å². The molecule has 1 N–H and O–H groups in total. The zero-order chi connectivity index (χ0) is 11.4. The Labute approximate surface area is 99.2 Å². The van der Waals surface area contributed by atoms with Crippen LogP contribution in [0.4, 0.5) is 0 Å². The highest BCUT2D eigenvalue weighted by Gasteiger charge is 2.25. The molecule has 0 spiro atoms. The SMILES string of the molecule is CCN(C(=O)c1cnsn1)C1CCCNC1. The fourth-order valence-corrected chi connectivity index (χ4v) is 2.48. The van der Waals surface area contributed by atoms with Crippen LogP contribution in [-0.4, -0.2) is 45.2 Å². The lowest BCUT2D eigenvalue weighted by Crippen LogP contribution is -2.48. The van der Waals surface area contributed by atoms with Gasteiger partial charge in [-0.3, -0.25) is 4.79 Å². The van der Waals surface area contributed by atoms with E-state index in [9.17, 15) is 4.79 Å².